The molecule has 1 aromatic heterocycles. The Balaban J connectivity index is 2.02. The van der Waals surface area contributed by atoms with E-state index in [0.29, 0.717) is 18.7 Å². The minimum atomic E-state index is 0.606. The molecule has 0 aliphatic rings. The van der Waals surface area contributed by atoms with Gasteiger partial charge in [0.2, 0.25) is 0 Å². The Kier molecular flexibility index (Phi) is 4.69. The summed E-state index contributed by atoms with van der Waals surface area (Å²) in [5, 5.41) is 20.2. The molecule has 6 heteroatoms. The number of hydrogen-bond donors (Lipinski definition) is 1. The third-order valence-corrected chi connectivity index (χ3v) is 3.04. The van der Waals surface area contributed by atoms with Crippen LogP contribution in [0.2, 0.25) is 0 Å². The second-order valence-corrected chi connectivity index (χ2v) is 4.28. The van der Waals surface area contributed by atoms with E-state index < -0.39 is 0 Å². The molecule has 0 spiro atoms. The Morgan fingerprint density at radius 1 is 1.40 bits per heavy atom. The SMILES string of the molecule is CCn1cnnc1CNCc1cc(C#N)ccc1OC. The molecule has 0 saturated heterocycles. The largest absolute Gasteiger partial charge is 0.496 e. The third-order valence-electron chi connectivity index (χ3n) is 3.04. The summed E-state index contributed by atoms with van der Waals surface area (Å²) in [4.78, 5) is 0. The van der Waals surface area contributed by atoms with Crippen LogP contribution in [0.1, 0.15) is 23.9 Å². The number of nitrogens with one attached hydrogen (secondary N) is 1. The summed E-state index contributed by atoms with van der Waals surface area (Å²) >= 11 is 0. The highest BCUT2D eigenvalue weighted by molar-refractivity contribution is 5.41. The highest BCUT2D eigenvalue weighted by atomic mass is 16.5. The molecule has 0 atom stereocenters. The van der Waals surface area contributed by atoms with Crippen molar-refractivity contribution in [1.29, 1.82) is 5.26 Å². The lowest BCUT2D eigenvalue weighted by atomic mass is 10.1. The monoisotopic (exact) mass is 271 g/mol. The van der Waals surface area contributed by atoms with E-state index in [9.17, 15) is 0 Å². The van der Waals surface area contributed by atoms with Crippen molar-refractivity contribution >= 4 is 0 Å². The molecule has 0 fully saturated rings. The first-order valence-electron chi connectivity index (χ1n) is 6.43. The fraction of sp³-hybridized carbons (Fsp3) is 0.357. The number of aryl methyl sites for hydroxylation is 1. The number of ether oxygens (including phenoxy) is 1. The maximum atomic E-state index is 8.94. The zero-order valence-electron chi connectivity index (χ0n) is 11.6. The molecule has 0 bridgehead atoms. The Bertz CT molecular complexity index is 614. The molecular weight excluding hydrogens is 254 g/mol. The number of rotatable bonds is 6. The normalized spacial score (nSPS) is 10.2. The van der Waals surface area contributed by atoms with E-state index in [1.807, 2.05) is 23.6 Å². The van der Waals surface area contributed by atoms with E-state index in [1.165, 1.54) is 0 Å². The van der Waals surface area contributed by atoms with Gasteiger partial charge in [-0.2, -0.15) is 5.26 Å². The number of nitriles is 1. The topological polar surface area (TPSA) is 75.8 Å². The fourth-order valence-corrected chi connectivity index (χ4v) is 1.98. The maximum absolute atomic E-state index is 8.94. The van der Waals surface area contributed by atoms with E-state index in [0.717, 1.165) is 23.7 Å². The van der Waals surface area contributed by atoms with E-state index >= 15 is 0 Å². The van der Waals surface area contributed by atoms with Gasteiger partial charge in [0.15, 0.2) is 0 Å². The Morgan fingerprint density at radius 3 is 2.95 bits per heavy atom. The predicted octanol–water partition coefficient (Wildman–Crippen LogP) is 1.47. The smallest absolute Gasteiger partial charge is 0.146 e. The van der Waals surface area contributed by atoms with Crippen LogP contribution in [-0.2, 0) is 19.6 Å². The van der Waals surface area contributed by atoms with E-state index in [4.69, 9.17) is 10.00 Å². The minimum Gasteiger partial charge on any atom is -0.496 e. The molecule has 20 heavy (non-hydrogen) atoms. The molecule has 1 heterocycles. The van der Waals surface area contributed by atoms with Crippen molar-refractivity contribution < 1.29 is 4.74 Å². The fourth-order valence-electron chi connectivity index (χ4n) is 1.98. The standard InChI is InChI=1S/C14H17N5O/c1-3-19-10-17-18-14(19)9-16-8-12-6-11(7-15)4-5-13(12)20-2/h4-6,10,16H,3,8-9H2,1-2H3. The molecule has 0 aliphatic carbocycles. The van der Waals surface area contributed by atoms with Crippen LogP contribution in [0.4, 0.5) is 0 Å². The van der Waals surface area contributed by atoms with Crippen LogP contribution < -0.4 is 10.1 Å². The third kappa shape index (κ3) is 3.13. The lowest BCUT2D eigenvalue weighted by Gasteiger charge is -2.10. The van der Waals surface area contributed by atoms with Gasteiger partial charge in [0.05, 0.1) is 25.3 Å². The second-order valence-electron chi connectivity index (χ2n) is 4.28. The van der Waals surface area contributed by atoms with E-state index in [2.05, 4.69) is 21.6 Å². The molecule has 0 unspecified atom stereocenters. The predicted molar refractivity (Wildman–Crippen MR) is 73.9 cm³/mol. The Labute approximate surface area is 118 Å². The van der Waals surface area contributed by atoms with Crippen LogP contribution in [0.15, 0.2) is 24.5 Å². The van der Waals surface area contributed by atoms with Crippen molar-refractivity contribution in [3.05, 3.63) is 41.5 Å². The molecule has 0 amide bonds. The summed E-state index contributed by atoms with van der Waals surface area (Å²) in [6, 6.07) is 7.52. The molecule has 1 N–H and O–H groups in total. The average molecular weight is 271 g/mol. The number of nitrogens with zero attached hydrogens (tertiary/aromatic N) is 4. The quantitative estimate of drug-likeness (QED) is 0.861. The molecule has 1 aromatic carbocycles. The number of hydrogen-bond acceptors (Lipinski definition) is 5. The van der Waals surface area contributed by atoms with Crippen molar-refractivity contribution in [3.63, 3.8) is 0 Å². The summed E-state index contributed by atoms with van der Waals surface area (Å²) in [5.74, 6) is 1.66. The summed E-state index contributed by atoms with van der Waals surface area (Å²) in [7, 11) is 1.62. The maximum Gasteiger partial charge on any atom is 0.146 e. The first-order valence-corrected chi connectivity index (χ1v) is 6.43. The van der Waals surface area contributed by atoms with Crippen LogP contribution in [0.3, 0.4) is 0 Å². The van der Waals surface area contributed by atoms with Gasteiger partial charge in [0.1, 0.15) is 17.9 Å². The van der Waals surface area contributed by atoms with Crippen molar-refractivity contribution in [2.45, 2.75) is 26.6 Å². The van der Waals surface area contributed by atoms with Gasteiger partial charge >= 0.3 is 0 Å². The molecule has 0 saturated carbocycles. The van der Waals surface area contributed by atoms with Gasteiger partial charge in [-0.25, -0.2) is 0 Å². The van der Waals surface area contributed by atoms with Gasteiger partial charge in [-0.1, -0.05) is 0 Å². The summed E-state index contributed by atoms with van der Waals surface area (Å²) in [6.07, 6.45) is 1.72. The van der Waals surface area contributed by atoms with Crippen LogP contribution >= 0.6 is 0 Å². The van der Waals surface area contributed by atoms with Gasteiger partial charge in [-0.15, -0.1) is 10.2 Å². The molecule has 104 valence electrons. The van der Waals surface area contributed by atoms with Crippen molar-refractivity contribution in [2.24, 2.45) is 0 Å². The summed E-state index contributed by atoms with van der Waals surface area (Å²) < 4.78 is 7.28. The molecular formula is C14H17N5O. The van der Waals surface area contributed by atoms with E-state index in [1.54, 1.807) is 19.5 Å². The summed E-state index contributed by atoms with van der Waals surface area (Å²) in [6.45, 7) is 4.12. The van der Waals surface area contributed by atoms with E-state index in [-0.39, 0.29) is 0 Å². The zero-order chi connectivity index (χ0) is 14.4. The molecule has 6 nitrogen and oxygen atoms in total. The molecule has 0 aliphatic heterocycles. The number of methoxy groups -OCH3 is 1. The molecule has 2 rings (SSSR count). The van der Waals surface area contributed by atoms with Crippen LogP contribution in [0, 0.1) is 11.3 Å². The molecule has 2 aromatic rings. The summed E-state index contributed by atoms with van der Waals surface area (Å²) in [5.41, 5.74) is 1.58. The lowest BCUT2D eigenvalue weighted by molar-refractivity contribution is 0.407. The molecule has 0 radical (unpaired) electrons. The Hall–Kier alpha value is -2.39. The Morgan fingerprint density at radius 2 is 2.25 bits per heavy atom. The van der Waals surface area contributed by atoms with Gasteiger partial charge in [0.25, 0.3) is 0 Å². The highest BCUT2D eigenvalue weighted by Gasteiger charge is 2.06. The van der Waals surface area contributed by atoms with Crippen molar-refractivity contribution in [1.82, 2.24) is 20.1 Å². The van der Waals surface area contributed by atoms with Crippen molar-refractivity contribution in [3.8, 4) is 11.8 Å². The van der Waals surface area contributed by atoms with Gasteiger partial charge in [-0.3, -0.25) is 0 Å². The first-order chi connectivity index (χ1) is 9.78. The lowest BCUT2D eigenvalue weighted by Crippen LogP contribution is -2.17. The van der Waals surface area contributed by atoms with Crippen LogP contribution in [0.5, 0.6) is 5.75 Å². The number of aromatic nitrogens is 3. The second kappa shape index (κ2) is 6.68. The highest BCUT2D eigenvalue weighted by Crippen LogP contribution is 2.19. The van der Waals surface area contributed by atoms with Crippen LogP contribution in [-0.4, -0.2) is 21.9 Å². The van der Waals surface area contributed by atoms with Gasteiger partial charge < -0.3 is 14.6 Å². The first kappa shape index (κ1) is 14.0. The average Bonchev–Trinajstić information content (AvgIpc) is 2.94. The zero-order valence-corrected chi connectivity index (χ0v) is 11.6. The van der Waals surface area contributed by atoms with Crippen LogP contribution in [0.25, 0.3) is 0 Å². The minimum absolute atomic E-state index is 0.606. The van der Waals surface area contributed by atoms with Gasteiger partial charge in [0, 0.05) is 18.7 Å². The number of benzene rings is 1. The van der Waals surface area contributed by atoms with Crippen molar-refractivity contribution in [2.75, 3.05) is 7.11 Å². The van der Waals surface area contributed by atoms with Gasteiger partial charge in [-0.05, 0) is 25.1 Å².